The standard InChI is InChI=1S/C25H20FN3O3/c1-15-22(23(29-32-15)16-6-3-2-4-7-16)25(30)28-14-20-11-18-10-19(26)12-21(24(18)31-20)17-8-5-9-27-13-17/h2-10,12-13,20H,11,14H2,1H3,(H,28,30). The van der Waals surface area contributed by atoms with Crippen molar-refractivity contribution in [3.8, 4) is 28.1 Å². The molecule has 1 amide bonds. The molecule has 0 radical (unpaired) electrons. The largest absolute Gasteiger partial charge is 0.487 e. The molecule has 0 aliphatic carbocycles. The lowest BCUT2D eigenvalue weighted by Gasteiger charge is -2.14. The van der Waals surface area contributed by atoms with Crippen molar-refractivity contribution in [2.75, 3.05) is 6.54 Å². The van der Waals surface area contributed by atoms with Gasteiger partial charge in [0.1, 0.15) is 34.7 Å². The van der Waals surface area contributed by atoms with Crippen molar-refractivity contribution in [3.63, 3.8) is 0 Å². The maximum absolute atomic E-state index is 14.2. The third-order valence-electron chi connectivity index (χ3n) is 5.46. The summed E-state index contributed by atoms with van der Waals surface area (Å²) in [6.45, 7) is 1.97. The van der Waals surface area contributed by atoms with Crippen LogP contribution in [-0.2, 0) is 6.42 Å². The summed E-state index contributed by atoms with van der Waals surface area (Å²) in [4.78, 5) is 17.1. The van der Waals surface area contributed by atoms with Crippen LogP contribution in [0.3, 0.4) is 0 Å². The van der Waals surface area contributed by atoms with Crippen LogP contribution in [0.5, 0.6) is 5.75 Å². The van der Waals surface area contributed by atoms with Crippen LogP contribution >= 0.6 is 0 Å². The lowest BCUT2D eigenvalue weighted by Crippen LogP contribution is -2.34. The van der Waals surface area contributed by atoms with E-state index in [2.05, 4.69) is 15.5 Å². The average Bonchev–Trinajstić information content (AvgIpc) is 3.41. The second-order valence-corrected chi connectivity index (χ2v) is 7.67. The van der Waals surface area contributed by atoms with Gasteiger partial charge in [0.2, 0.25) is 0 Å². The van der Waals surface area contributed by atoms with Crippen LogP contribution < -0.4 is 10.1 Å². The molecule has 7 heteroatoms. The molecule has 1 unspecified atom stereocenters. The molecule has 0 spiro atoms. The lowest BCUT2D eigenvalue weighted by molar-refractivity contribution is 0.0932. The van der Waals surface area contributed by atoms with Crippen LogP contribution in [0.2, 0.25) is 0 Å². The first-order valence-electron chi connectivity index (χ1n) is 10.3. The van der Waals surface area contributed by atoms with Crippen molar-refractivity contribution < 1.29 is 18.4 Å². The lowest BCUT2D eigenvalue weighted by atomic mass is 10.0. The van der Waals surface area contributed by atoms with E-state index in [1.165, 1.54) is 12.1 Å². The van der Waals surface area contributed by atoms with Crippen LogP contribution in [0.25, 0.3) is 22.4 Å². The van der Waals surface area contributed by atoms with Gasteiger partial charge in [-0.25, -0.2) is 4.39 Å². The fourth-order valence-electron chi connectivity index (χ4n) is 3.97. The minimum absolute atomic E-state index is 0.264. The van der Waals surface area contributed by atoms with Crippen molar-refractivity contribution >= 4 is 5.91 Å². The molecular weight excluding hydrogens is 409 g/mol. The number of rotatable bonds is 5. The molecule has 0 fully saturated rings. The zero-order valence-corrected chi connectivity index (χ0v) is 17.3. The number of amides is 1. The first-order chi connectivity index (χ1) is 15.6. The van der Waals surface area contributed by atoms with Gasteiger partial charge in [0.05, 0.1) is 6.54 Å². The number of hydrogen-bond donors (Lipinski definition) is 1. The highest BCUT2D eigenvalue weighted by Gasteiger charge is 2.29. The summed E-state index contributed by atoms with van der Waals surface area (Å²) >= 11 is 0. The zero-order chi connectivity index (χ0) is 22.1. The summed E-state index contributed by atoms with van der Waals surface area (Å²) in [7, 11) is 0. The Morgan fingerprint density at radius 1 is 1.16 bits per heavy atom. The normalized spacial score (nSPS) is 14.6. The molecule has 32 heavy (non-hydrogen) atoms. The Morgan fingerprint density at radius 3 is 2.75 bits per heavy atom. The van der Waals surface area contributed by atoms with Gasteiger partial charge in [0, 0.05) is 41.1 Å². The van der Waals surface area contributed by atoms with Crippen LogP contribution in [-0.4, -0.2) is 28.7 Å². The highest BCUT2D eigenvalue weighted by molar-refractivity contribution is 6.00. The number of nitrogens with zero attached hydrogens (tertiary/aromatic N) is 2. The molecule has 6 nitrogen and oxygen atoms in total. The summed E-state index contributed by atoms with van der Waals surface area (Å²) in [6.07, 6.45) is 3.52. The molecule has 2 aromatic heterocycles. The minimum atomic E-state index is -0.330. The van der Waals surface area contributed by atoms with E-state index in [0.717, 1.165) is 16.7 Å². The second kappa shape index (κ2) is 8.26. The number of aryl methyl sites for hydroxylation is 1. The molecule has 0 bridgehead atoms. The highest BCUT2D eigenvalue weighted by Crippen LogP contribution is 2.39. The number of pyridine rings is 1. The van der Waals surface area contributed by atoms with Crippen molar-refractivity contribution in [2.45, 2.75) is 19.4 Å². The van der Waals surface area contributed by atoms with Gasteiger partial charge in [-0.15, -0.1) is 0 Å². The Morgan fingerprint density at radius 2 is 1.97 bits per heavy atom. The molecule has 160 valence electrons. The van der Waals surface area contributed by atoms with E-state index in [9.17, 15) is 9.18 Å². The number of fused-ring (bicyclic) bond motifs is 1. The fraction of sp³-hybridized carbons (Fsp3) is 0.160. The molecule has 1 N–H and O–H groups in total. The van der Waals surface area contributed by atoms with Gasteiger partial charge in [-0.1, -0.05) is 41.6 Å². The number of halogens is 1. The minimum Gasteiger partial charge on any atom is -0.487 e. The number of aromatic nitrogens is 2. The first kappa shape index (κ1) is 19.9. The monoisotopic (exact) mass is 429 g/mol. The van der Waals surface area contributed by atoms with Gasteiger partial charge in [-0.3, -0.25) is 9.78 Å². The molecule has 0 saturated carbocycles. The Kier molecular flexibility index (Phi) is 5.15. The predicted molar refractivity (Wildman–Crippen MR) is 117 cm³/mol. The van der Waals surface area contributed by atoms with Gasteiger partial charge in [-0.2, -0.15) is 0 Å². The number of hydrogen-bond acceptors (Lipinski definition) is 5. The van der Waals surface area contributed by atoms with E-state index in [4.69, 9.17) is 9.26 Å². The molecule has 2 aromatic carbocycles. The maximum Gasteiger partial charge on any atom is 0.257 e. The van der Waals surface area contributed by atoms with Crippen LogP contribution in [0, 0.1) is 12.7 Å². The van der Waals surface area contributed by atoms with Gasteiger partial charge in [-0.05, 0) is 25.1 Å². The summed E-state index contributed by atoms with van der Waals surface area (Å²) < 4.78 is 25.6. The summed E-state index contributed by atoms with van der Waals surface area (Å²) in [6, 6.07) is 16.0. The second-order valence-electron chi connectivity index (χ2n) is 7.67. The van der Waals surface area contributed by atoms with E-state index in [0.29, 0.717) is 34.8 Å². The molecule has 1 aliphatic heterocycles. The van der Waals surface area contributed by atoms with Crippen LogP contribution in [0.4, 0.5) is 4.39 Å². The first-order valence-corrected chi connectivity index (χ1v) is 10.3. The molecule has 3 heterocycles. The number of ether oxygens (including phenoxy) is 1. The van der Waals surface area contributed by atoms with E-state index < -0.39 is 0 Å². The SMILES string of the molecule is Cc1onc(-c2ccccc2)c1C(=O)NCC1Cc2cc(F)cc(-c3cccnc3)c2O1. The predicted octanol–water partition coefficient (Wildman–Crippen LogP) is 4.58. The van der Waals surface area contributed by atoms with Crippen molar-refractivity contribution in [1.82, 2.24) is 15.5 Å². The van der Waals surface area contributed by atoms with Crippen molar-refractivity contribution in [3.05, 3.63) is 89.7 Å². The number of carbonyl (C=O) groups excluding carboxylic acids is 1. The van der Waals surface area contributed by atoms with Crippen molar-refractivity contribution in [2.24, 2.45) is 0 Å². The average molecular weight is 429 g/mol. The van der Waals surface area contributed by atoms with Crippen molar-refractivity contribution in [1.29, 1.82) is 0 Å². The van der Waals surface area contributed by atoms with Gasteiger partial charge >= 0.3 is 0 Å². The van der Waals surface area contributed by atoms with E-state index in [1.54, 1.807) is 25.4 Å². The Bertz CT molecular complexity index is 1270. The van der Waals surface area contributed by atoms with Crippen LogP contribution in [0.1, 0.15) is 21.7 Å². The Labute approximate surface area is 184 Å². The van der Waals surface area contributed by atoms with E-state index in [1.807, 2.05) is 36.4 Å². The van der Waals surface area contributed by atoms with E-state index in [-0.39, 0.29) is 24.4 Å². The molecular formula is C25H20FN3O3. The van der Waals surface area contributed by atoms with Gasteiger partial charge in [0.15, 0.2) is 0 Å². The molecule has 1 aliphatic rings. The topological polar surface area (TPSA) is 77.3 Å². The zero-order valence-electron chi connectivity index (χ0n) is 17.3. The summed E-state index contributed by atoms with van der Waals surface area (Å²) in [5, 5.41) is 6.98. The Hall–Kier alpha value is -4.00. The van der Waals surface area contributed by atoms with Crippen LogP contribution in [0.15, 0.2) is 71.5 Å². The molecule has 1 atom stereocenters. The third-order valence-corrected chi connectivity index (χ3v) is 5.46. The molecule has 5 rings (SSSR count). The molecule has 0 saturated heterocycles. The Balaban J connectivity index is 1.33. The van der Waals surface area contributed by atoms with Gasteiger partial charge < -0.3 is 14.6 Å². The summed E-state index contributed by atoms with van der Waals surface area (Å²) in [5.41, 5.74) is 3.90. The number of carbonyl (C=O) groups is 1. The fourth-order valence-corrected chi connectivity index (χ4v) is 3.97. The molecule has 4 aromatic rings. The third kappa shape index (κ3) is 3.73. The highest BCUT2D eigenvalue weighted by atomic mass is 19.1. The van der Waals surface area contributed by atoms with E-state index >= 15 is 0 Å². The quantitative estimate of drug-likeness (QED) is 0.502. The van der Waals surface area contributed by atoms with Gasteiger partial charge in [0.25, 0.3) is 5.91 Å². The number of benzene rings is 2. The number of nitrogens with one attached hydrogen (secondary N) is 1. The maximum atomic E-state index is 14.2. The summed E-state index contributed by atoms with van der Waals surface area (Å²) in [5.74, 6) is 0.451. The smallest absolute Gasteiger partial charge is 0.257 e.